The minimum absolute atomic E-state index is 0.0399. The quantitative estimate of drug-likeness (QED) is 0.621. The molecule has 0 aliphatic carbocycles. The van der Waals surface area contributed by atoms with E-state index in [-0.39, 0.29) is 18.6 Å². The van der Waals surface area contributed by atoms with Crippen molar-refractivity contribution in [2.75, 3.05) is 17.1 Å². The van der Waals surface area contributed by atoms with Crippen molar-refractivity contribution in [2.45, 2.75) is 53.2 Å². The van der Waals surface area contributed by atoms with Gasteiger partial charge in [0.1, 0.15) is 12.3 Å². The van der Waals surface area contributed by atoms with Gasteiger partial charge in [-0.05, 0) is 55.5 Å². The number of carbonyl (C=O) groups is 1. The van der Waals surface area contributed by atoms with E-state index in [9.17, 15) is 13.2 Å². The van der Waals surface area contributed by atoms with Crippen molar-refractivity contribution in [1.29, 1.82) is 0 Å². The van der Waals surface area contributed by atoms with Gasteiger partial charge < -0.3 is 10.1 Å². The Morgan fingerprint density at radius 2 is 1.80 bits per heavy atom. The van der Waals surface area contributed by atoms with E-state index < -0.39 is 10.0 Å². The normalized spacial score (nSPS) is 11.4. The van der Waals surface area contributed by atoms with Crippen LogP contribution in [-0.4, -0.2) is 33.2 Å². The number of amides is 1. The topological polar surface area (TPSA) is 75.7 Å². The van der Waals surface area contributed by atoms with Crippen LogP contribution in [0.3, 0.4) is 0 Å². The van der Waals surface area contributed by atoms with Crippen LogP contribution in [0.4, 0.5) is 5.69 Å². The van der Waals surface area contributed by atoms with Crippen molar-refractivity contribution in [3.05, 3.63) is 59.2 Å². The number of rotatable bonds is 10. The summed E-state index contributed by atoms with van der Waals surface area (Å²) < 4.78 is 31.5. The second kappa shape index (κ2) is 10.5. The van der Waals surface area contributed by atoms with Crippen molar-refractivity contribution in [3.63, 3.8) is 0 Å². The summed E-state index contributed by atoms with van der Waals surface area (Å²) in [5, 5.41) is 2.87. The lowest BCUT2D eigenvalue weighted by Crippen LogP contribution is -2.40. The molecule has 1 N–H and O–H groups in total. The van der Waals surface area contributed by atoms with E-state index in [1.54, 1.807) is 24.3 Å². The molecule has 0 bridgehead atoms. The molecule has 0 spiro atoms. The fourth-order valence-electron chi connectivity index (χ4n) is 3.17. The molecule has 6 nitrogen and oxygen atoms in total. The molecule has 0 saturated heterocycles. The number of nitrogens with one attached hydrogen (secondary N) is 1. The van der Waals surface area contributed by atoms with E-state index in [0.29, 0.717) is 18.0 Å². The fourth-order valence-corrected chi connectivity index (χ4v) is 4.02. The van der Waals surface area contributed by atoms with Gasteiger partial charge >= 0.3 is 0 Å². The van der Waals surface area contributed by atoms with Crippen molar-refractivity contribution in [3.8, 4) is 5.75 Å². The molecule has 0 atom stereocenters. The SMILES string of the molecule is CCc1ccc(CC)c(CNC(=O)CN(c2cccc(OC(C)C)c2)S(C)(=O)=O)c1. The zero-order valence-electron chi connectivity index (χ0n) is 18.4. The van der Waals surface area contributed by atoms with Crippen LogP contribution in [0.5, 0.6) is 5.75 Å². The summed E-state index contributed by atoms with van der Waals surface area (Å²) in [6.45, 7) is 8.02. The van der Waals surface area contributed by atoms with Crippen molar-refractivity contribution >= 4 is 21.6 Å². The van der Waals surface area contributed by atoms with E-state index in [0.717, 1.165) is 29.0 Å². The Balaban J connectivity index is 2.16. The van der Waals surface area contributed by atoms with Gasteiger partial charge in [-0.3, -0.25) is 9.10 Å². The van der Waals surface area contributed by atoms with Gasteiger partial charge in [0.15, 0.2) is 0 Å². The second-order valence-corrected chi connectivity index (χ2v) is 9.43. The number of carbonyl (C=O) groups excluding carboxylic acids is 1. The minimum atomic E-state index is -3.65. The Labute approximate surface area is 180 Å². The molecule has 2 aromatic rings. The first kappa shape index (κ1) is 23.7. The highest BCUT2D eigenvalue weighted by molar-refractivity contribution is 7.92. The van der Waals surface area contributed by atoms with E-state index in [2.05, 4.69) is 37.4 Å². The molecule has 0 heterocycles. The van der Waals surface area contributed by atoms with Gasteiger partial charge in [-0.15, -0.1) is 0 Å². The van der Waals surface area contributed by atoms with Crippen LogP contribution in [0.15, 0.2) is 42.5 Å². The van der Waals surface area contributed by atoms with Gasteiger partial charge in [0, 0.05) is 12.6 Å². The fraction of sp³-hybridized carbons (Fsp3) is 0.435. The average Bonchev–Trinajstić information content (AvgIpc) is 2.69. The third-order valence-electron chi connectivity index (χ3n) is 4.70. The lowest BCUT2D eigenvalue weighted by atomic mass is 10.0. The number of aryl methyl sites for hydroxylation is 2. The largest absolute Gasteiger partial charge is 0.491 e. The highest BCUT2D eigenvalue weighted by Crippen LogP contribution is 2.24. The molecule has 0 saturated carbocycles. The van der Waals surface area contributed by atoms with Gasteiger partial charge in [0.2, 0.25) is 15.9 Å². The maximum absolute atomic E-state index is 12.6. The standard InChI is InChI=1S/C23H32N2O4S/c1-6-18-11-12-19(7-2)20(13-18)15-24-23(26)16-25(30(5,27)28)21-9-8-10-22(14-21)29-17(3)4/h8-14,17H,6-7,15-16H2,1-5H3,(H,24,26). The number of sulfonamides is 1. The summed E-state index contributed by atoms with van der Waals surface area (Å²) in [7, 11) is -3.65. The third-order valence-corrected chi connectivity index (χ3v) is 5.84. The lowest BCUT2D eigenvalue weighted by molar-refractivity contribution is -0.119. The summed E-state index contributed by atoms with van der Waals surface area (Å²) in [4.78, 5) is 12.6. The number of hydrogen-bond acceptors (Lipinski definition) is 4. The number of ether oxygens (including phenoxy) is 1. The monoisotopic (exact) mass is 432 g/mol. The summed E-state index contributed by atoms with van der Waals surface area (Å²) >= 11 is 0. The van der Waals surface area contributed by atoms with Crippen molar-refractivity contribution in [1.82, 2.24) is 5.32 Å². The van der Waals surface area contributed by atoms with E-state index in [4.69, 9.17) is 4.74 Å². The predicted octanol–water partition coefficient (Wildman–Crippen LogP) is 3.68. The molecule has 0 aliphatic rings. The highest BCUT2D eigenvalue weighted by atomic mass is 32.2. The van der Waals surface area contributed by atoms with Crippen LogP contribution < -0.4 is 14.4 Å². The number of nitrogens with zero attached hydrogens (tertiary/aromatic N) is 1. The average molecular weight is 433 g/mol. The third kappa shape index (κ3) is 6.76. The Bertz CT molecular complexity index is 971. The minimum Gasteiger partial charge on any atom is -0.491 e. The number of hydrogen-bond donors (Lipinski definition) is 1. The molecule has 2 rings (SSSR count). The molecule has 2 aromatic carbocycles. The summed E-state index contributed by atoms with van der Waals surface area (Å²) in [6.07, 6.45) is 2.84. The summed E-state index contributed by atoms with van der Waals surface area (Å²) in [5.74, 6) is 0.195. The van der Waals surface area contributed by atoms with Gasteiger partial charge in [-0.25, -0.2) is 8.42 Å². The summed E-state index contributed by atoms with van der Waals surface area (Å²) in [6, 6.07) is 13.0. The molecular weight excluding hydrogens is 400 g/mol. The lowest BCUT2D eigenvalue weighted by Gasteiger charge is -2.23. The van der Waals surface area contributed by atoms with E-state index >= 15 is 0 Å². The Hall–Kier alpha value is -2.54. The predicted molar refractivity (Wildman–Crippen MR) is 121 cm³/mol. The zero-order valence-corrected chi connectivity index (χ0v) is 19.3. The van der Waals surface area contributed by atoms with E-state index in [1.165, 1.54) is 11.1 Å². The van der Waals surface area contributed by atoms with Crippen LogP contribution in [0.2, 0.25) is 0 Å². The molecule has 30 heavy (non-hydrogen) atoms. The number of anilines is 1. The van der Waals surface area contributed by atoms with E-state index in [1.807, 2.05) is 13.8 Å². The van der Waals surface area contributed by atoms with Gasteiger partial charge in [-0.1, -0.05) is 38.1 Å². The number of benzene rings is 2. The van der Waals surface area contributed by atoms with Crippen molar-refractivity contribution < 1.29 is 17.9 Å². The highest BCUT2D eigenvalue weighted by Gasteiger charge is 2.21. The first-order valence-electron chi connectivity index (χ1n) is 10.3. The van der Waals surface area contributed by atoms with Gasteiger partial charge in [0.25, 0.3) is 0 Å². The molecule has 0 fully saturated rings. The van der Waals surface area contributed by atoms with Crippen LogP contribution in [0.25, 0.3) is 0 Å². The first-order chi connectivity index (χ1) is 14.1. The molecule has 1 amide bonds. The Kier molecular flexibility index (Phi) is 8.29. The molecular formula is C23H32N2O4S. The maximum atomic E-state index is 12.6. The van der Waals surface area contributed by atoms with Gasteiger partial charge in [-0.2, -0.15) is 0 Å². The molecule has 0 unspecified atom stereocenters. The van der Waals surface area contributed by atoms with Crippen LogP contribution >= 0.6 is 0 Å². The maximum Gasteiger partial charge on any atom is 0.241 e. The molecule has 164 valence electrons. The smallest absolute Gasteiger partial charge is 0.241 e. The molecule has 0 aromatic heterocycles. The molecule has 7 heteroatoms. The second-order valence-electron chi connectivity index (χ2n) is 7.52. The van der Waals surface area contributed by atoms with Crippen LogP contribution in [0.1, 0.15) is 44.4 Å². The Morgan fingerprint density at radius 1 is 1.07 bits per heavy atom. The first-order valence-corrected chi connectivity index (χ1v) is 12.1. The van der Waals surface area contributed by atoms with Gasteiger partial charge in [0.05, 0.1) is 18.0 Å². The van der Waals surface area contributed by atoms with Crippen LogP contribution in [-0.2, 0) is 34.2 Å². The summed E-state index contributed by atoms with van der Waals surface area (Å²) in [5.41, 5.74) is 3.83. The Morgan fingerprint density at radius 3 is 2.40 bits per heavy atom. The molecule has 0 aliphatic heterocycles. The molecule has 0 radical (unpaired) electrons. The zero-order chi connectivity index (χ0) is 22.3. The van der Waals surface area contributed by atoms with Crippen LogP contribution in [0, 0.1) is 0 Å². The van der Waals surface area contributed by atoms with Crippen molar-refractivity contribution in [2.24, 2.45) is 0 Å².